The number of hydrogen-bond donors (Lipinski definition) is 0. The van der Waals surface area contributed by atoms with E-state index in [9.17, 15) is 9.79 Å². The van der Waals surface area contributed by atoms with Crippen LogP contribution < -0.4 is 9.79 Å². The molecule has 1 aliphatic heterocycles. The van der Waals surface area contributed by atoms with Crippen LogP contribution in [0.5, 0.6) is 0 Å². The second-order valence-corrected chi connectivity index (χ2v) is 4.33. The van der Waals surface area contributed by atoms with E-state index in [0.717, 1.165) is 0 Å². The maximum absolute atomic E-state index is 10.1. The molecular weight excluding hydrogens is 179 g/mol. The molecule has 0 atom stereocenters. The zero-order valence-electron chi connectivity index (χ0n) is 4.20. The Morgan fingerprint density at radius 1 is 1.38 bits per heavy atom. The van der Waals surface area contributed by atoms with Crippen LogP contribution in [-0.2, 0) is 13.6 Å². The van der Waals surface area contributed by atoms with Gasteiger partial charge in [-0.15, -0.1) is 0 Å². The van der Waals surface area contributed by atoms with E-state index in [-0.39, 0.29) is 48.2 Å². The Morgan fingerprint density at radius 2 is 1.75 bits per heavy atom. The molecule has 0 radical (unpaired) electrons. The van der Waals surface area contributed by atoms with Gasteiger partial charge in [-0.1, -0.05) is 0 Å². The third-order valence-corrected chi connectivity index (χ3v) is 3.45. The van der Waals surface area contributed by atoms with Crippen molar-refractivity contribution in [2.75, 3.05) is 0 Å². The van der Waals surface area contributed by atoms with Crippen LogP contribution in [0.3, 0.4) is 0 Å². The molecule has 0 aromatic heterocycles. The van der Waals surface area contributed by atoms with Gasteiger partial charge in [-0.3, -0.25) is 0 Å². The van der Waals surface area contributed by atoms with Crippen molar-refractivity contribution in [2.24, 2.45) is 0 Å². The fourth-order valence-electron chi connectivity index (χ4n) is 0.102. The fraction of sp³-hybridized carbons (Fsp3) is 0. The van der Waals surface area contributed by atoms with Crippen molar-refractivity contribution in [1.29, 1.82) is 0 Å². The van der Waals surface area contributed by atoms with Gasteiger partial charge in [0.2, 0.25) is 0 Å². The van der Waals surface area contributed by atoms with Crippen LogP contribution in [0.25, 0.3) is 0 Å². The molecule has 1 fully saturated rings. The quantitative estimate of drug-likeness (QED) is 0.184. The predicted octanol–water partition coefficient (Wildman–Crippen LogP) is -3.29. The zero-order valence-corrected chi connectivity index (χ0v) is 9.30. The van der Waals surface area contributed by atoms with Crippen LogP contribution in [0.1, 0.15) is 0 Å². The van der Waals surface area contributed by atoms with E-state index < -0.39 is 7.74 Å². The Labute approximate surface area is 78.7 Å². The van der Waals surface area contributed by atoms with Crippen molar-refractivity contribution < 1.29 is 23.3 Å². The first-order valence-corrected chi connectivity index (χ1v) is 4.13. The topological polar surface area (TPSA) is 80.4 Å². The molecule has 0 aliphatic carbocycles. The summed E-state index contributed by atoms with van der Waals surface area (Å²) in [7, 11) is -4.70. The molecular formula is H3CaO5PSi. The monoisotopic (exact) mass is 182 g/mol. The third kappa shape index (κ3) is 2.15. The van der Waals surface area contributed by atoms with Crippen molar-refractivity contribution in [3.63, 3.8) is 0 Å². The van der Waals surface area contributed by atoms with Gasteiger partial charge in [-0.2, -0.15) is 0 Å². The van der Waals surface area contributed by atoms with E-state index in [1.807, 2.05) is 0 Å². The molecule has 8 heavy (non-hydrogen) atoms. The first-order chi connectivity index (χ1) is 3.05. The number of hydrogen-bond acceptors (Lipinski definition) is 5. The van der Waals surface area contributed by atoms with E-state index in [4.69, 9.17) is 0 Å². The standard InChI is InChI=1S/Ca.H3O5PSi/c;1-6(2,5-7)3-4-6/h;7H3/q+2;-2. The van der Waals surface area contributed by atoms with Crippen LogP contribution in [0, 0.1) is 0 Å². The van der Waals surface area contributed by atoms with Crippen molar-refractivity contribution in [3.8, 4) is 0 Å². The Balaban J connectivity index is 0.000000490. The predicted molar refractivity (Wildman–Crippen MR) is 25.9 cm³/mol. The van der Waals surface area contributed by atoms with Gasteiger partial charge >= 0.3 is 79.3 Å². The Bertz CT molecular complexity index is 94.6. The summed E-state index contributed by atoms with van der Waals surface area (Å²) in [6.07, 6.45) is 0. The SMILES string of the molecule is [Ca+2].[O-]P1([O-])(O[SiH3])OO1. The molecule has 0 spiro atoms. The van der Waals surface area contributed by atoms with Gasteiger partial charge in [-0.25, -0.2) is 0 Å². The van der Waals surface area contributed by atoms with Crippen LogP contribution in [-0.4, -0.2) is 48.2 Å². The molecule has 5 nitrogen and oxygen atoms in total. The molecule has 1 saturated heterocycles. The first kappa shape index (κ1) is 9.71. The first-order valence-electron chi connectivity index (χ1n) is 1.49. The van der Waals surface area contributed by atoms with Crippen LogP contribution in [0.15, 0.2) is 0 Å². The van der Waals surface area contributed by atoms with Gasteiger partial charge in [0.05, 0.1) is 0 Å². The molecule has 0 saturated carbocycles. The van der Waals surface area contributed by atoms with E-state index in [0.29, 0.717) is 0 Å². The van der Waals surface area contributed by atoms with Gasteiger partial charge in [0.15, 0.2) is 0 Å². The third-order valence-electron chi connectivity index (χ3n) is 0.555. The summed E-state index contributed by atoms with van der Waals surface area (Å²) in [5.74, 6) is 0. The number of rotatable bonds is 1. The molecule has 8 heteroatoms. The van der Waals surface area contributed by atoms with Crippen molar-refractivity contribution >= 4 is 56.0 Å². The second kappa shape index (κ2) is 2.39. The van der Waals surface area contributed by atoms with E-state index in [2.05, 4.69) is 13.6 Å². The summed E-state index contributed by atoms with van der Waals surface area (Å²) < 4.78 is 11.1. The average Bonchev–Trinajstić information content (AvgIpc) is 2.20. The molecule has 0 N–H and O–H groups in total. The molecule has 1 heterocycles. The van der Waals surface area contributed by atoms with Gasteiger partial charge in [-0.05, 0) is 0 Å². The van der Waals surface area contributed by atoms with E-state index in [1.54, 1.807) is 0 Å². The Morgan fingerprint density at radius 3 is 1.75 bits per heavy atom. The molecule has 1 aliphatic rings. The van der Waals surface area contributed by atoms with Crippen molar-refractivity contribution in [2.45, 2.75) is 0 Å². The molecule has 0 bridgehead atoms. The molecule has 1 rings (SSSR count). The molecule has 0 amide bonds. The minimum absolute atomic E-state index is 0. The minimum atomic E-state index is -4.76. The average molecular weight is 182 g/mol. The summed E-state index contributed by atoms with van der Waals surface area (Å²) in [6, 6.07) is 0. The summed E-state index contributed by atoms with van der Waals surface area (Å²) in [5, 5.41) is 0. The summed E-state index contributed by atoms with van der Waals surface area (Å²) >= 11 is 0. The zero-order chi connectivity index (χ0) is 5.57. The summed E-state index contributed by atoms with van der Waals surface area (Å²) in [4.78, 5) is 20.2. The van der Waals surface area contributed by atoms with Crippen LogP contribution in [0.4, 0.5) is 0 Å². The second-order valence-electron chi connectivity index (χ2n) is 1.08. The normalized spacial score (nSPS) is 34.0. The van der Waals surface area contributed by atoms with Crippen LogP contribution in [0.2, 0.25) is 0 Å². The van der Waals surface area contributed by atoms with Gasteiger partial charge < -0.3 is 0 Å². The van der Waals surface area contributed by atoms with E-state index in [1.165, 1.54) is 0 Å². The fourth-order valence-corrected chi connectivity index (χ4v) is 0.915. The van der Waals surface area contributed by atoms with Gasteiger partial charge in [0, 0.05) is 0 Å². The molecule has 0 aromatic rings. The summed E-state index contributed by atoms with van der Waals surface area (Å²) in [6.45, 7) is 0. The Kier molecular flexibility index (Phi) is 2.90. The molecule has 44 valence electrons. The van der Waals surface area contributed by atoms with Gasteiger partial charge in [0.1, 0.15) is 0 Å². The molecule has 0 aromatic carbocycles. The molecule has 0 unspecified atom stereocenters. The maximum atomic E-state index is 10.1. The van der Waals surface area contributed by atoms with Crippen LogP contribution >= 0.6 is 7.74 Å². The Hall–Kier alpha value is 1.71. The summed E-state index contributed by atoms with van der Waals surface area (Å²) in [5.41, 5.74) is 0. The van der Waals surface area contributed by atoms with E-state index >= 15 is 0 Å². The van der Waals surface area contributed by atoms with Crippen molar-refractivity contribution in [1.82, 2.24) is 0 Å². The van der Waals surface area contributed by atoms with Gasteiger partial charge in [0.25, 0.3) is 0 Å². The van der Waals surface area contributed by atoms with Crippen molar-refractivity contribution in [3.05, 3.63) is 0 Å².